The van der Waals surface area contributed by atoms with E-state index in [-0.39, 0.29) is 0 Å². The zero-order chi connectivity index (χ0) is 19.2. The van der Waals surface area contributed by atoms with Crippen LogP contribution in [0.15, 0.2) is 42.5 Å². The van der Waals surface area contributed by atoms with Gasteiger partial charge in [0.05, 0.1) is 13.2 Å². The topological polar surface area (TPSA) is 64.1 Å². The fourth-order valence-electron chi connectivity index (χ4n) is 2.56. The molecule has 3 rings (SSSR count). The summed E-state index contributed by atoms with van der Waals surface area (Å²) in [6.07, 6.45) is 0. The van der Waals surface area contributed by atoms with Crippen LogP contribution in [0.3, 0.4) is 0 Å². The van der Waals surface area contributed by atoms with Crippen LogP contribution in [0.25, 0.3) is 0 Å². The number of nitrogens with one attached hydrogen (secondary N) is 2. The molecule has 27 heavy (non-hydrogen) atoms. The molecule has 0 unspecified atom stereocenters. The van der Waals surface area contributed by atoms with Gasteiger partial charge in [0.2, 0.25) is 4.77 Å². The summed E-state index contributed by atoms with van der Waals surface area (Å²) < 4.78 is 13.9. The molecule has 0 aliphatic heterocycles. The highest BCUT2D eigenvalue weighted by Crippen LogP contribution is 2.34. The molecule has 0 aliphatic rings. The quantitative estimate of drug-likeness (QED) is 0.536. The number of aromatic nitrogens is 3. The fraction of sp³-hybridized carbons (Fsp3) is 0.263. The Labute approximate surface area is 168 Å². The van der Waals surface area contributed by atoms with Gasteiger partial charge in [0.1, 0.15) is 12.4 Å². The molecule has 142 valence electrons. The summed E-state index contributed by atoms with van der Waals surface area (Å²) in [6, 6.07) is 13.6. The molecular weight excluding hydrogens is 384 g/mol. The van der Waals surface area contributed by atoms with Crippen LogP contribution in [0, 0.1) is 11.7 Å². The second kappa shape index (κ2) is 8.92. The SMILES string of the molecule is CCOc1cc(CNn2c(C)n[nH]c2=S)c(Cl)cc1OCc1ccccc1. The first-order valence-electron chi connectivity index (χ1n) is 8.58. The third-order valence-corrected chi connectivity index (χ3v) is 4.54. The lowest BCUT2D eigenvalue weighted by atomic mass is 10.2. The van der Waals surface area contributed by atoms with Gasteiger partial charge in [-0.1, -0.05) is 41.9 Å². The smallest absolute Gasteiger partial charge is 0.214 e. The summed E-state index contributed by atoms with van der Waals surface area (Å²) in [7, 11) is 0. The van der Waals surface area contributed by atoms with Gasteiger partial charge < -0.3 is 14.9 Å². The van der Waals surface area contributed by atoms with E-state index < -0.39 is 0 Å². The maximum Gasteiger partial charge on any atom is 0.214 e. The minimum atomic E-state index is 0.443. The Hall–Kier alpha value is -2.51. The number of aryl methyl sites for hydroxylation is 1. The number of nitrogens with zero attached hydrogens (tertiary/aromatic N) is 2. The Morgan fingerprint density at radius 2 is 1.93 bits per heavy atom. The third-order valence-electron chi connectivity index (χ3n) is 3.92. The summed E-state index contributed by atoms with van der Waals surface area (Å²) in [5.41, 5.74) is 5.15. The molecule has 0 bridgehead atoms. The van der Waals surface area contributed by atoms with Crippen LogP contribution in [0.4, 0.5) is 0 Å². The molecule has 2 aromatic carbocycles. The Morgan fingerprint density at radius 3 is 2.59 bits per heavy atom. The molecule has 0 saturated heterocycles. The molecule has 1 aromatic heterocycles. The van der Waals surface area contributed by atoms with Crippen LogP contribution in [0.2, 0.25) is 5.02 Å². The van der Waals surface area contributed by atoms with Crippen molar-refractivity contribution in [2.45, 2.75) is 27.0 Å². The Balaban J connectivity index is 1.77. The number of ether oxygens (including phenoxy) is 2. The highest BCUT2D eigenvalue weighted by molar-refractivity contribution is 7.71. The average Bonchev–Trinajstić information content (AvgIpc) is 2.99. The van der Waals surface area contributed by atoms with E-state index >= 15 is 0 Å². The summed E-state index contributed by atoms with van der Waals surface area (Å²) in [5.74, 6) is 2.01. The predicted octanol–water partition coefficient (Wildman–Crippen LogP) is 4.62. The Bertz CT molecular complexity index is 956. The number of rotatable bonds is 8. The van der Waals surface area contributed by atoms with E-state index in [0.29, 0.717) is 41.1 Å². The van der Waals surface area contributed by atoms with E-state index in [2.05, 4.69) is 15.6 Å². The molecule has 8 heteroatoms. The van der Waals surface area contributed by atoms with Crippen LogP contribution in [0.1, 0.15) is 23.9 Å². The van der Waals surface area contributed by atoms with Crippen LogP contribution in [-0.2, 0) is 13.2 Å². The number of halogens is 1. The van der Waals surface area contributed by atoms with Gasteiger partial charge in [0, 0.05) is 11.1 Å². The molecule has 0 radical (unpaired) electrons. The zero-order valence-corrected chi connectivity index (χ0v) is 16.7. The molecule has 0 aliphatic carbocycles. The zero-order valence-electron chi connectivity index (χ0n) is 15.2. The minimum Gasteiger partial charge on any atom is -0.490 e. The number of aromatic amines is 1. The summed E-state index contributed by atoms with van der Waals surface area (Å²) >= 11 is 11.7. The van der Waals surface area contributed by atoms with Crippen molar-refractivity contribution in [3.05, 3.63) is 69.2 Å². The minimum absolute atomic E-state index is 0.443. The highest BCUT2D eigenvalue weighted by atomic mass is 35.5. The van der Waals surface area contributed by atoms with Crippen molar-refractivity contribution in [1.82, 2.24) is 14.9 Å². The van der Waals surface area contributed by atoms with Crippen molar-refractivity contribution < 1.29 is 9.47 Å². The maximum atomic E-state index is 6.47. The van der Waals surface area contributed by atoms with E-state index in [4.69, 9.17) is 33.3 Å². The summed E-state index contributed by atoms with van der Waals surface area (Å²) in [4.78, 5) is 0. The van der Waals surface area contributed by atoms with Gasteiger partial charge in [-0.15, -0.1) is 0 Å². The Morgan fingerprint density at radius 1 is 1.19 bits per heavy atom. The van der Waals surface area contributed by atoms with Gasteiger partial charge in [-0.25, -0.2) is 4.68 Å². The lowest BCUT2D eigenvalue weighted by Crippen LogP contribution is -2.16. The van der Waals surface area contributed by atoms with Crippen LogP contribution in [-0.4, -0.2) is 21.5 Å². The first-order valence-corrected chi connectivity index (χ1v) is 9.37. The standard InChI is InChI=1S/C19H21ClN4O2S/c1-3-25-17-9-15(11-21-24-13(2)22-23-19(24)27)16(20)10-18(17)26-12-14-7-5-4-6-8-14/h4-10,21H,3,11-12H2,1-2H3,(H,23,27). The van der Waals surface area contributed by atoms with E-state index in [1.807, 2.05) is 50.2 Å². The molecule has 0 amide bonds. The van der Waals surface area contributed by atoms with E-state index in [1.165, 1.54) is 0 Å². The monoisotopic (exact) mass is 404 g/mol. The summed E-state index contributed by atoms with van der Waals surface area (Å²) in [5, 5.41) is 7.39. The van der Waals surface area contributed by atoms with Gasteiger partial charge in [0.15, 0.2) is 11.5 Å². The lowest BCUT2D eigenvalue weighted by Gasteiger charge is -2.16. The second-order valence-corrected chi connectivity index (χ2v) is 6.64. The molecule has 2 N–H and O–H groups in total. The highest BCUT2D eigenvalue weighted by Gasteiger charge is 2.12. The molecule has 0 atom stereocenters. The number of hydrogen-bond donors (Lipinski definition) is 2. The molecule has 0 spiro atoms. The van der Waals surface area contributed by atoms with Crippen molar-refractivity contribution in [3.63, 3.8) is 0 Å². The van der Waals surface area contributed by atoms with Crippen molar-refractivity contribution in [3.8, 4) is 11.5 Å². The van der Waals surface area contributed by atoms with Gasteiger partial charge in [-0.2, -0.15) is 5.10 Å². The lowest BCUT2D eigenvalue weighted by molar-refractivity contribution is 0.269. The van der Waals surface area contributed by atoms with Crippen molar-refractivity contribution >= 4 is 23.8 Å². The van der Waals surface area contributed by atoms with Crippen LogP contribution in [0.5, 0.6) is 11.5 Å². The molecular formula is C19H21ClN4O2S. The molecule has 6 nitrogen and oxygen atoms in total. The van der Waals surface area contributed by atoms with Gasteiger partial charge in [-0.05, 0) is 43.3 Å². The van der Waals surface area contributed by atoms with Crippen molar-refractivity contribution in [2.24, 2.45) is 0 Å². The first kappa shape index (κ1) is 19.3. The second-order valence-electron chi connectivity index (χ2n) is 5.84. The summed E-state index contributed by atoms with van der Waals surface area (Å²) in [6.45, 7) is 5.22. The first-order chi connectivity index (χ1) is 13.1. The number of benzene rings is 2. The number of hydrogen-bond acceptors (Lipinski definition) is 5. The van der Waals surface area contributed by atoms with Crippen molar-refractivity contribution in [1.29, 1.82) is 0 Å². The van der Waals surface area contributed by atoms with E-state index in [9.17, 15) is 0 Å². The largest absolute Gasteiger partial charge is 0.490 e. The van der Waals surface area contributed by atoms with Crippen molar-refractivity contribution in [2.75, 3.05) is 12.0 Å². The normalized spacial score (nSPS) is 10.6. The van der Waals surface area contributed by atoms with Crippen LogP contribution < -0.4 is 14.9 Å². The maximum absolute atomic E-state index is 6.47. The predicted molar refractivity (Wildman–Crippen MR) is 109 cm³/mol. The third kappa shape index (κ3) is 4.81. The van der Waals surface area contributed by atoms with Gasteiger partial charge in [0.25, 0.3) is 0 Å². The van der Waals surface area contributed by atoms with Gasteiger partial charge >= 0.3 is 0 Å². The number of H-pyrrole nitrogens is 1. The van der Waals surface area contributed by atoms with Gasteiger partial charge in [-0.3, -0.25) is 5.10 Å². The average molecular weight is 405 g/mol. The van der Waals surface area contributed by atoms with Crippen LogP contribution >= 0.6 is 23.8 Å². The van der Waals surface area contributed by atoms with E-state index in [1.54, 1.807) is 10.7 Å². The molecule has 1 heterocycles. The Kier molecular flexibility index (Phi) is 6.36. The fourth-order valence-corrected chi connectivity index (χ4v) is 3.02. The molecule has 3 aromatic rings. The van der Waals surface area contributed by atoms with E-state index in [0.717, 1.165) is 17.0 Å². The molecule has 0 fully saturated rings. The molecule has 0 saturated carbocycles.